The Balaban J connectivity index is 0.00000112. The fourth-order valence-electron chi connectivity index (χ4n) is 1.22. The van der Waals surface area contributed by atoms with E-state index >= 15 is 0 Å². The molecular formula is C12H10KOS. The summed E-state index contributed by atoms with van der Waals surface area (Å²) in [6.45, 7) is 0. The molecule has 0 N–H and O–H groups in total. The van der Waals surface area contributed by atoms with E-state index in [1.807, 2.05) is 60.7 Å². The first-order chi connectivity index (χ1) is 6.88. The molecule has 0 aliphatic rings. The summed E-state index contributed by atoms with van der Waals surface area (Å²) in [5.41, 5.74) is 0. The van der Waals surface area contributed by atoms with Gasteiger partial charge in [-0.2, -0.15) is 0 Å². The van der Waals surface area contributed by atoms with Gasteiger partial charge in [-0.15, -0.1) is 0 Å². The molecule has 0 amide bonds. The predicted octanol–water partition coefficient (Wildman–Crippen LogP) is 2.47. The second kappa shape index (κ2) is 6.86. The van der Waals surface area contributed by atoms with E-state index in [1.54, 1.807) is 0 Å². The molecule has 2 aromatic carbocycles. The van der Waals surface area contributed by atoms with Crippen LogP contribution in [0.3, 0.4) is 0 Å². The summed E-state index contributed by atoms with van der Waals surface area (Å²) in [4.78, 5) is 1.69. The number of benzene rings is 2. The van der Waals surface area contributed by atoms with Gasteiger partial charge in [-0.1, -0.05) is 36.4 Å². The molecule has 2 rings (SSSR count). The molecule has 0 saturated carbocycles. The Morgan fingerprint density at radius 1 is 0.667 bits per heavy atom. The Labute approximate surface area is 136 Å². The topological polar surface area (TPSA) is 23.1 Å². The third kappa shape index (κ3) is 3.71. The van der Waals surface area contributed by atoms with Crippen molar-refractivity contribution < 1.29 is 4.55 Å². The molecule has 1 nitrogen and oxygen atoms in total. The molecule has 3 heteroatoms. The Bertz CT molecular complexity index is 351. The van der Waals surface area contributed by atoms with Crippen molar-refractivity contribution in [1.29, 1.82) is 0 Å². The third-order valence-corrected chi connectivity index (χ3v) is 3.32. The first-order valence-corrected chi connectivity index (χ1v) is 5.55. The van der Waals surface area contributed by atoms with Crippen LogP contribution in [0, 0.1) is 0 Å². The molecule has 0 spiro atoms. The van der Waals surface area contributed by atoms with Gasteiger partial charge in [0.2, 0.25) is 0 Å². The minimum atomic E-state index is -1.05. The van der Waals surface area contributed by atoms with Crippen molar-refractivity contribution in [2.45, 2.75) is 9.79 Å². The third-order valence-electron chi connectivity index (χ3n) is 1.91. The maximum Gasteiger partial charge on any atom is 0.158 e. The fraction of sp³-hybridized carbons (Fsp3) is 0. The van der Waals surface area contributed by atoms with Crippen molar-refractivity contribution in [3.05, 3.63) is 60.7 Å². The van der Waals surface area contributed by atoms with E-state index in [-0.39, 0.29) is 51.4 Å². The zero-order valence-electron chi connectivity index (χ0n) is 8.59. The Morgan fingerprint density at radius 3 is 1.33 bits per heavy atom. The predicted molar refractivity (Wildman–Crippen MR) is 63.3 cm³/mol. The average Bonchev–Trinajstić information content (AvgIpc) is 2.30. The van der Waals surface area contributed by atoms with Crippen molar-refractivity contribution >= 4 is 62.6 Å². The molecule has 71 valence electrons. The standard InChI is InChI=1S/C12H10OS.K/c13-14(11-7-3-1-4-8-11)12-9-5-2-6-10-12;/h1-10H;. The van der Waals surface area contributed by atoms with Crippen molar-refractivity contribution in [3.63, 3.8) is 0 Å². The van der Waals surface area contributed by atoms with Crippen LogP contribution >= 0.6 is 0 Å². The van der Waals surface area contributed by atoms with Crippen LogP contribution in [-0.2, 0) is 11.2 Å². The van der Waals surface area contributed by atoms with Gasteiger partial charge in [-0.3, -0.25) is 0 Å². The summed E-state index contributed by atoms with van der Waals surface area (Å²) in [6, 6.07) is 19.0. The molecule has 0 heterocycles. The van der Waals surface area contributed by atoms with Gasteiger partial charge in [0.1, 0.15) is 0 Å². The second-order valence-electron chi connectivity index (χ2n) is 2.89. The van der Waals surface area contributed by atoms with E-state index in [9.17, 15) is 4.55 Å². The van der Waals surface area contributed by atoms with Gasteiger partial charge >= 0.3 is 0 Å². The van der Waals surface area contributed by atoms with Crippen LogP contribution in [0.2, 0.25) is 0 Å². The van der Waals surface area contributed by atoms with Crippen LogP contribution in [0.5, 0.6) is 0 Å². The SMILES string of the molecule is [K].[O-][S+](c1ccccc1)c1ccccc1. The van der Waals surface area contributed by atoms with Crippen LogP contribution in [0.4, 0.5) is 0 Å². The maximum atomic E-state index is 12.0. The van der Waals surface area contributed by atoms with Crippen molar-refractivity contribution in [1.82, 2.24) is 0 Å². The van der Waals surface area contributed by atoms with E-state index in [0.29, 0.717) is 0 Å². The second-order valence-corrected chi connectivity index (χ2v) is 4.38. The van der Waals surface area contributed by atoms with Crippen LogP contribution in [-0.4, -0.2) is 55.9 Å². The Kier molecular flexibility index (Phi) is 6.15. The van der Waals surface area contributed by atoms with Gasteiger partial charge in [-0.05, 0) is 24.3 Å². The molecule has 0 saturated heterocycles. The van der Waals surface area contributed by atoms with Gasteiger partial charge in [0.05, 0.1) is 0 Å². The fourth-order valence-corrected chi connectivity index (χ4v) is 2.31. The quantitative estimate of drug-likeness (QED) is 0.585. The number of hydrogen-bond donors (Lipinski definition) is 0. The summed E-state index contributed by atoms with van der Waals surface area (Å²) in [5, 5.41) is 0. The molecule has 0 unspecified atom stereocenters. The molecule has 1 radical (unpaired) electrons. The molecule has 0 aliphatic heterocycles. The molecule has 2 aromatic rings. The van der Waals surface area contributed by atoms with E-state index < -0.39 is 11.2 Å². The molecule has 15 heavy (non-hydrogen) atoms. The van der Waals surface area contributed by atoms with E-state index in [0.717, 1.165) is 9.79 Å². The molecule has 0 aliphatic carbocycles. The van der Waals surface area contributed by atoms with Crippen LogP contribution in [0.15, 0.2) is 70.5 Å². The minimum Gasteiger partial charge on any atom is -0.606 e. The van der Waals surface area contributed by atoms with Crippen LogP contribution in [0.1, 0.15) is 0 Å². The Morgan fingerprint density at radius 2 is 1.00 bits per heavy atom. The average molecular weight is 241 g/mol. The van der Waals surface area contributed by atoms with E-state index in [1.165, 1.54) is 0 Å². The molecule has 0 aromatic heterocycles. The summed E-state index contributed by atoms with van der Waals surface area (Å²) < 4.78 is 12.0. The minimum absolute atomic E-state index is 0. The largest absolute Gasteiger partial charge is 0.606 e. The zero-order chi connectivity index (χ0) is 9.80. The molecule has 0 bridgehead atoms. The van der Waals surface area contributed by atoms with Crippen molar-refractivity contribution in [2.75, 3.05) is 0 Å². The summed E-state index contributed by atoms with van der Waals surface area (Å²) >= 11 is -1.05. The summed E-state index contributed by atoms with van der Waals surface area (Å²) in [5.74, 6) is 0. The zero-order valence-corrected chi connectivity index (χ0v) is 12.5. The van der Waals surface area contributed by atoms with Crippen molar-refractivity contribution in [3.8, 4) is 0 Å². The summed E-state index contributed by atoms with van der Waals surface area (Å²) in [6.07, 6.45) is 0. The van der Waals surface area contributed by atoms with Crippen LogP contribution < -0.4 is 0 Å². The van der Waals surface area contributed by atoms with E-state index in [2.05, 4.69) is 0 Å². The maximum absolute atomic E-state index is 12.0. The monoisotopic (exact) mass is 241 g/mol. The Hall–Kier alpha value is 0.386. The number of hydrogen-bond acceptors (Lipinski definition) is 1. The normalized spacial score (nSPS) is 9.73. The first-order valence-electron chi connectivity index (χ1n) is 4.40. The van der Waals surface area contributed by atoms with E-state index in [4.69, 9.17) is 0 Å². The van der Waals surface area contributed by atoms with Gasteiger partial charge < -0.3 is 4.55 Å². The first kappa shape index (κ1) is 13.5. The smallest absolute Gasteiger partial charge is 0.158 e. The van der Waals surface area contributed by atoms with Gasteiger partial charge in [0.15, 0.2) is 9.79 Å². The molecular weight excluding hydrogens is 231 g/mol. The molecule has 0 atom stereocenters. The van der Waals surface area contributed by atoms with Crippen molar-refractivity contribution in [2.24, 2.45) is 0 Å². The summed E-state index contributed by atoms with van der Waals surface area (Å²) in [7, 11) is 0. The van der Waals surface area contributed by atoms with Gasteiger partial charge in [0.25, 0.3) is 0 Å². The molecule has 0 fully saturated rings. The van der Waals surface area contributed by atoms with Gasteiger partial charge in [-0.25, -0.2) is 0 Å². The van der Waals surface area contributed by atoms with Crippen LogP contribution in [0.25, 0.3) is 0 Å². The van der Waals surface area contributed by atoms with Gasteiger partial charge in [0, 0.05) is 62.6 Å². The number of rotatable bonds is 2.